The van der Waals surface area contributed by atoms with Gasteiger partial charge >= 0.3 is 0 Å². The zero-order valence-electron chi connectivity index (χ0n) is 11.0. The zero-order chi connectivity index (χ0) is 15.0. The number of aromatic amines is 1. The number of aromatic nitrogens is 2. The quantitative estimate of drug-likeness (QED) is 0.627. The van der Waals surface area contributed by atoms with Crippen LogP contribution in [0.15, 0.2) is 50.1 Å². The van der Waals surface area contributed by atoms with Gasteiger partial charge in [0.05, 0.1) is 10.6 Å². The lowest BCUT2D eigenvalue weighted by Gasteiger charge is -2.05. The van der Waals surface area contributed by atoms with Crippen molar-refractivity contribution in [2.24, 2.45) is 0 Å². The topological polar surface area (TPSA) is 45.8 Å². The van der Waals surface area contributed by atoms with E-state index in [2.05, 4.69) is 41.8 Å². The third-order valence-electron chi connectivity index (χ3n) is 3.00. The fraction of sp³-hybridized carbons (Fsp3) is 0.0667. The van der Waals surface area contributed by atoms with E-state index in [1.807, 2.05) is 43.3 Å². The monoisotopic (exact) mass is 424 g/mol. The first-order valence-corrected chi connectivity index (χ1v) is 8.58. The molecule has 1 aromatic carbocycles. The molecule has 0 atom stereocenters. The lowest BCUT2D eigenvalue weighted by Crippen LogP contribution is -2.11. The second-order valence-electron chi connectivity index (χ2n) is 4.46. The van der Waals surface area contributed by atoms with Gasteiger partial charge < -0.3 is 4.98 Å². The van der Waals surface area contributed by atoms with Gasteiger partial charge in [-0.2, -0.15) is 0 Å². The average molecular weight is 426 g/mol. The van der Waals surface area contributed by atoms with Crippen LogP contribution in [0.2, 0.25) is 0 Å². The van der Waals surface area contributed by atoms with E-state index in [0.717, 1.165) is 19.8 Å². The van der Waals surface area contributed by atoms with E-state index in [1.54, 1.807) is 11.3 Å². The van der Waals surface area contributed by atoms with Crippen molar-refractivity contribution in [2.45, 2.75) is 6.92 Å². The largest absolute Gasteiger partial charge is 0.305 e. The predicted molar refractivity (Wildman–Crippen MR) is 93.7 cm³/mol. The molecule has 0 aliphatic heterocycles. The summed E-state index contributed by atoms with van der Waals surface area (Å²) in [5.74, 6) is 0.584. The van der Waals surface area contributed by atoms with Gasteiger partial charge in [0.25, 0.3) is 5.56 Å². The number of thiophene rings is 1. The van der Waals surface area contributed by atoms with Gasteiger partial charge in [-0.3, -0.25) is 4.79 Å². The van der Waals surface area contributed by atoms with E-state index < -0.39 is 0 Å². The second kappa shape index (κ2) is 5.87. The highest BCUT2D eigenvalue weighted by Crippen LogP contribution is 2.33. The van der Waals surface area contributed by atoms with Crippen LogP contribution in [0, 0.1) is 6.92 Å². The van der Waals surface area contributed by atoms with Gasteiger partial charge in [0.15, 0.2) is 5.82 Å². The average Bonchev–Trinajstić information content (AvgIpc) is 2.82. The van der Waals surface area contributed by atoms with Gasteiger partial charge in [-0.15, -0.1) is 11.3 Å². The number of hydrogen-bond acceptors (Lipinski definition) is 3. The molecule has 0 aliphatic rings. The van der Waals surface area contributed by atoms with Crippen molar-refractivity contribution in [3.63, 3.8) is 0 Å². The Hall–Kier alpha value is -1.24. The molecule has 0 aliphatic carbocycles. The minimum absolute atomic E-state index is 0.180. The molecule has 1 N–H and O–H groups in total. The number of aryl methyl sites for hydroxylation is 1. The van der Waals surface area contributed by atoms with E-state index in [9.17, 15) is 4.79 Å². The van der Waals surface area contributed by atoms with Gasteiger partial charge in [-0.05, 0) is 44.8 Å². The summed E-state index contributed by atoms with van der Waals surface area (Å²) in [5, 5.41) is 0. The van der Waals surface area contributed by atoms with Crippen LogP contribution in [-0.4, -0.2) is 9.97 Å². The number of rotatable bonds is 2. The Balaban J connectivity index is 2.21. The van der Waals surface area contributed by atoms with Gasteiger partial charge in [0.1, 0.15) is 4.47 Å². The van der Waals surface area contributed by atoms with Crippen molar-refractivity contribution >= 4 is 43.2 Å². The maximum Gasteiger partial charge on any atom is 0.266 e. The summed E-state index contributed by atoms with van der Waals surface area (Å²) in [6, 6.07) is 11.6. The van der Waals surface area contributed by atoms with Crippen molar-refractivity contribution < 1.29 is 0 Å². The third kappa shape index (κ3) is 2.88. The molecule has 106 valence electrons. The minimum atomic E-state index is -0.180. The smallest absolute Gasteiger partial charge is 0.266 e. The van der Waals surface area contributed by atoms with Crippen molar-refractivity contribution in [2.75, 3.05) is 0 Å². The highest BCUT2D eigenvalue weighted by atomic mass is 79.9. The van der Waals surface area contributed by atoms with Gasteiger partial charge in [-0.25, -0.2) is 4.98 Å². The van der Waals surface area contributed by atoms with Crippen molar-refractivity contribution in [1.29, 1.82) is 0 Å². The molecule has 0 saturated carbocycles. The molecule has 3 aromatic rings. The normalized spacial score (nSPS) is 10.8. The van der Waals surface area contributed by atoms with Crippen LogP contribution in [0.3, 0.4) is 0 Å². The number of hydrogen-bond donors (Lipinski definition) is 1. The van der Waals surface area contributed by atoms with Gasteiger partial charge in [-0.1, -0.05) is 30.3 Å². The van der Waals surface area contributed by atoms with Gasteiger partial charge in [0, 0.05) is 14.9 Å². The summed E-state index contributed by atoms with van der Waals surface area (Å²) < 4.78 is 1.47. The van der Waals surface area contributed by atoms with Crippen LogP contribution in [0.25, 0.3) is 22.0 Å². The fourth-order valence-electron chi connectivity index (χ4n) is 1.94. The summed E-state index contributed by atoms with van der Waals surface area (Å²) in [6.45, 7) is 2.02. The van der Waals surface area contributed by atoms with E-state index in [0.29, 0.717) is 16.0 Å². The Labute approximate surface area is 142 Å². The maximum absolute atomic E-state index is 12.1. The zero-order valence-corrected chi connectivity index (χ0v) is 15.0. The molecular weight excluding hydrogens is 416 g/mol. The molecular formula is C15H10Br2N2OS. The third-order valence-corrected chi connectivity index (χ3v) is 5.88. The Morgan fingerprint density at radius 1 is 1.19 bits per heavy atom. The van der Waals surface area contributed by atoms with Gasteiger partial charge in [0.2, 0.25) is 0 Å². The number of halogens is 2. The van der Waals surface area contributed by atoms with Crippen LogP contribution >= 0.6 is 43.2 Å². The van der Waals surface area contributed by atoms with Crippen LogP contribution < -0.4 is 5.56 Å². The molecule has 0 spiro atoms. The molecule has 0 fully saturated rings. The first kappa shape index (κ1) is 14.7. The lowest BCUT2D eigenvalue weighted by molar-refractivity contribution is 1.12. The fourth-order valence-corrected chi connectivity index (χ4v) is 3.84. The number of nitrogens with zero attached hydrogens (tertiary/aromatic N) is 1. The maximum atomic E-state index is 12.1. The van der Waals surface area contributed by atoms with Crippen LogP contribution in [0.5, 0.6) is 0 Å². The molecule has 2 aromatic heterocycles. The van der Waals surface area contributed by atoms with E-state index in [1.165, 1.54) is 0 Å². The lowest BCUT2D eigenvalue weighted by atomic mass is 10.1. The molecule has 0 saturated heterocycles. The van der Waals surface area contributed by atoms with E-state index in [-0.39, 0.29) is 5.56 Å². The summed E-state index contributed by atoms with van der Waals surface area (Å²) >= 11 is 8.41. The summed E-state index contributed by atoms with van der Waals surface area (Å²) in [6.07, 6.45) is 0. The molecule has 0 amide bonds. The number of nitrogens with one attached hydrogen (secondary N) is 1. The summed E-state index contributed by atoms with van der Waals surface area (Å²) in [4.78, 5) is 21.7. The van der Waals surface area contributed by atoms with Crippen LogP contribution in [0.4, 0.5) is 0 Å². The molecule has 2 heterocycles. The van der Waals surface area contributed by atoms with Crippen LogP contribution in [-0.2, 0) is 0 Å². The first-order chi connectivity index (χ1) is 10.1. The predicted octanol–water partition coefficient (Wildman–Crippen LogP) is 5.00. The van der Waals surface area contributed by atoms with E-state index >= 15 is 0 Å². The summed E-state index contributed by atoms with van der Waals surface area (Å²) in [7, 11) is 0. The molecule has 21 heavy (non-hydrogen) atoms. The highest BCUT2D eigenvalue weighted by molar-refractivity contribution is 9.10. The Morgan fingerprint density at radius 3 is 2.52 bits per heavy atom. The second-order valence-corrected chi connectivity index (χ2v) is 7.36. The minimum Gasteiger partial charge on any atom is -0.305 e. The molecule has 3 nitrogen and oxygen atoms in total. The highest BCUT2D eigenvalue weighted by Gasteiger charge is 2.14. The Bertz CT molecular complexity index is 836. The van der Waals surface area contributed by atoms with Crippen molar-refractivity contribution in [3.8, 4) is 22.0 Å². The molecule has 3 rings (SSSR count). The molecule has 6 heteroatoms. The first-order valence-electron chi connectivity index (χ1n) is 6.18. The van der Waals surface area contributed by atoms with Crippen LogP contribution in [0.1, 0.15) is 4.88 Å². The Kier molecular flexibility index (Phi) is 4.10. The van der Waals surface area contributed by atoms with Crippen molar-refractivity contribution in [1.82, 2.24) is 9.97 Å². The summed E-state index contributed by atoms with van der Waals surface area (Å²) in [5.41, 5.74) is 1.38. The van der Waals surface area contributed by atoms with Crippen molar-refractivity contribution in [3.05, 3.63) is 60.6 Å². The number of benzene rings is 1. The number of H-pyrrole nitrogens is 1. The standard InChI is InChI=1S/C15H10Br2N2OS/c1-8-10(16)7-11(21-8)14-18-13(12(17)15(20)19-14)9-5-3-2-4-6-9/h2-7H,1H3,(H,18,19,20). The molecule has 0 bridgehead atoms. The Morgan fingerprint density at radius 2 is 1.90 bits per heavy atom. The van der Waals surface area contributed by atoms with E-state index in [4.69, 9.17) is 0 Å². The SMILES string of the molecule is Cc1sc(-c2nc(-c3ccccc3)c(Br)c(=O)[nH]2)cc1Br. The molecule has 0 radical (unpaired) electrons. The molecule has 0 unspecified atom stereocenters.